The monoisotopic (exact) mass is 312 g/mol. The minimum Gasteiger partial charge on any atom is -0.481 e. The average molecular weight is 312 g/mol. The Kier molecular flexibility index (Phi) is 4.61. The highest BCUT2D eigenvalue weighted by molar-refractivity contribution is 6.23. The van der Waals surface area contributed by atoms with Gasteiger partial charge in [-0.15, -0.1) is 0 Å². The molecule has 1 aliphatic heterocycles. The fourth-order valence-electron chi connectivity index (χ4n) is 1.90. The number of ketones is 1. The second-order valence-corrected chi connectivity index (χ2v) is 4.58. The molecule has 116 valence electrons. The molecule has 0 spiro atoms. The van der Waals surface area contributed by atoms with Crippen LogP contribution in [0, 0.1) is 0 Å². The van der Waals surface area contributed by atoms with Crippen LogP contribution < -0.4 is 0 Å². The van der Waals surface area contributed by atoms with Gasteiger partial charge in [0.25, 0.3) is 17.8 Å². The summed E-state index contributed by atoms with van der Waals surface area (Å²) in [5, 5.41) is 12.2. The van der Waals surface area contributed by atoms with Crippen LogP contribution in [0.4, 0.5) is 0 Å². The van der Waals surface area contributed by atoms with Crippen LogP contribution in [0.15, 0.2) is 53.7 Å². The van der Waals surface area contributed by atoms with Crippen molar-refractivity contribution in [3.63, 3.8) is 0 Å². The van der Waals surface area contributed by atoms with E-state index in [-0.39, 0.29) is 5.78 Å². The zero-order valence-electron chi connectivity index (χ0n) is 12.1. The minimum absolute atomic E-state index is 0.152. The van der Waals surface area contributed by atoms with Gasteiger partial charge >= 0.3 is 0 Å². The Labute approximate surface area is 131 Å². The molecule has 3 rings (SSSR count). The maximum Gasteiger partial charge on any atom is 0.300 e. The number of imide groups is 1. The van der Waals surface area contributed by atoms with Gasteiger partial charge in [0.15, 0.2) is 5.78 Å². The maximum atomic E-state index is 12.0. The summed E-state index contributed by atoms with van der Waals surface area (Å²) in [6.45, 7) is 1.08. The molecule has 0 bridgehead atoms. The van der Waals surface area contributed by atoms with E-state index in [0.29, 0.717) is 16.8 Å². The highest BCUT2D eigenvalue weighted by atomic mass is 16.4. The second-order valence-electron chi connectivity index (χ2n) is 4.58. The Morgan fingerprint density at radius 1 is 0.957 bits per heavy atom. The van der Waals surface area contributed by atoms with Gasteiger partial charge in [0.1, 0.15) is 0 Å². The van der Waals surface area contributed by atoms with Crippen molar-refractivity contribution in [3.8, 4) is 0 Å². The van der Waals surface area contributed by atoms with Crippen LogP contribution in [0.5, 0.6) is 0 Å². The quantitative estimate of drug-likeness (QED) is 0.624. The molecule has 1 aliphatic carbocycles. The van der Waals surface area contributed by atoms with Crippen molar-refractivity contribution in [2.75, 3.05) is 0 Å². The molecule has 2 aliphatic rings. The third kappa shape index (κ3) is 3.65. The van der Waals surface area contributed by atoms with Crippen molar-refractivity contribution in [1.29, 1.82) is 0 Å². The lowest BCUT2D eigenvalue weighted by Gasteiger charge is -2.08. The molecule has 0 unspecified atom stereocenters. The standard InChI is InChI=1S/C14H8N2O3.C2H4O2/c17-10-7-5-9(6-8-10)15-16-13(18)11-3-1-2-4-12(11)14(16)19;1-2(3)4/h1-8H;1H3,(H,3,4). The Morgan fingerprint density at radius 3 is 1.83 bits per heavy atom. The van der Waals surface area contributed by atoms with E-state index < -0.39 is 17.8 Å². The molecule has 0 saturated heterocycles. The number of hydrogen-bond donors (Lipinski definition) is 1. The van der Waals surface area contributed by atoms with Gasteiger partial charge in [0, 0.05) is 6.92 Å². The molecule has 1 heterocycles. The second kappa shape index (κ2) is 6.61. The highest BCUT2D eigenvalue weighted by Gasteiger charge is 2.35. The average Bonchev–Trinajstić information content (AvgIpc) is 2.74. The molecule has 0 atom stereocenters. The van der Waals surface area contributed by atoms with Crippen molar-refractivity contribution in [2.24, 2.45) is 5.10 Å². The Balaban J connectivity index is 0.000000433. The number of rotatable bonds is 1. The number of allylic oxidation sites excluding steroid dienone is 4. The number of benzene rings is 1. The molecule has 0 fully saturated rings. The first kappa shape index (κ1) is 16.0. The normalized spacial score (nSPS) is 15.3. The van der Waals surface area contributed by atoms with Gasteiger partial charge < -0.3 is 5.11 Å². The molecule has 1 aromatic carbocycles. The summed E-state index contributed by atoms with van der Waals surface area (Å²) >= 11 is 0. The third-order valence-corrected chi connectivity index (χ3v) is 2.82. The number of nitrogens with zero attached hydrogens (tertiary/aromatic N) is 2. The van der Waals surface area contributed by atoms with E-state index in [1.807, 2.05) is 0 Å². The smallest absolute Gasteiger partial charge is 0.300 e. The Morgan fingerprint density at radius 2 is 1.39 bits per heavy atom. The minimum atomic E-state index is -0.833. The fraction of sp³-hybridized carbons (Fsp3) is 0.0625. The first-order valence-corrected chi connectivity index (χ1v) is 6.56. The summed E-state index contributed by atoms with van der Waals surface area (Å²) in [5.74, 6) is -1.89. The summed E-state index contributed by atoms with van der Waals surface area (Å²) in [6, 6.07) is 6.57. The first-order valence-electron chi connectivity index (χ1n) is 6.56. The Bertz CT molecular complexity index is 732. The molecule has 0 radical (unpaired) electrons. The van der Waals surface area contributed by atoms with Gasteiger partial charge in [0.2, 0.25) is 0 Å². The summed E-state index contributed by atoms with van der Waals surface area (Å²) in [7, 11) is 0. The number of hydrogen-bond acceptors (Lipinski definition) is 5. The van der Waals surface area contributed by atoms with Gasteiger partial charge in [-0.05, 0) is 36.4 Å². The van der Waals surface area contributed by atoms with Crippen LogP contribution in [0.2, 0.25) is 0 Å². The predicted molar refractivity (Wildman–Crippen MR) is 81.0 cm³/mol. The number of amides is 2. The van der Waals surface area contributed by atoms with Crippen LogP contribution in [0.1, 0.15) is 27.6 Å². The van der Waals surface area contributed by atoms with Crippen molar-refractivity contribution < 1.29 is 24.3 Å². The van der Waals surface area contributed by atoms with Crippen molar-refractivity contribution in [2.45, 2.75) is 6.92 Å². The lowest BCUT2D eigenvalue weighted by atomic mass is 10.1. The molecule has 7 nitrogen and oxygen atoms in total. The van der Waals surface area contributed by atoms with Gasteiger partial charge in [-0.3, -0.25) is 19.2 Å². The van der Waals surface area contributed by atoms with Gasteiger partial charge in [-0.2, -0.15) is 10.1 Å². The molecular weight excluding hydrogens is 300 g/mol. The first-order chi connectivity index (χ1) is 10.9. The fourth-order valence-corrected chi connectivity index (χ4v) is 1.90. The largest absolute Gasteiger partial charge is 0.481 e. The van der Waals surface area contributed by atoms with Crippen LogP contribution >= 0.6 is 0 Å². The SMILES string of the molecule is CC(=O)O.O=C1C=CC(=NN2C(=O)c3ccccc3C2=O)C=C1. The molecule has 1 N–H and O–H groups in total. The zero-order chi connectivity index (χ0) is 17.0. The van der Waals surface area contributed by atoms with Gasteiger partial charge in [0.05, 0.1) is 16.8 Å². The summed E-state index contributed by atoms with van der Waals surface area (Å²) < 4.78 is 0. The zero-order valence-corrected chi connectivity index (χ0v) is 12.1. The summed E-state index contributed by atoms with van der Waals surface area (Å²) in [5.41, 5.74) is 1.07. The maximum absolute atomic E-state index is 12.0. The number of aliphatic carboxylic acids is 1. The molecule has 23 heavy (non-hydrogen) atoms. The molecule has 0 saturated carbocycles. The molecular formula is C16H12N2O5. The number of carboxylic acids is 1. The van der Waals surface area contributed by atoms with Crippen LogP contribution in [0.3, 0.4) is 0 Å². The number of carbonyl (C=O) groups excluding carboxylic acids is 3. The van der Waals surface area contributed by atoms with E-state index >= 15 is 0 Å². The molecule has 0 aromatic heterocycles. The molecule has 7 heteroatoms. The van der Waals surface area contributed by atoms with Crippen LogP contribution in [0.25, 0.3) is 0 Å². The number of hydrazone groups is 1. The van der Waals surface area contributed by atoms with Crippen LogP contribution in [-0.4, -0.2) is 39.4 Å². The van der Waals surface area contributed by atoms with E-state index in [1.54, 1.807) is 24.3 Å². The van der Waals surface area contributed by atoms with E-state index in [1.165, 1.54) is 24.3 Å². The van der Waals surface area contributed by atoms with Gasteiger partial charge in [-0.1, -0.05) is 12.1 Å². The molecule has 1 aromatic rings. The van der Waals surface area contributed by atoms with E-state index in [2.05, 4.69) is 5.10 Å². The predicted octanol–water partition coefficient (Wildman–Crippen LogP) is 1.42. The summed E-state index contributed by atoms with van der Waals surface area (Å²) in [6.07, 6.45) is 5.59. The number of carboxylic acid groups (broad SMARTS) is 1. The topological polar surface area (TPSA) is 104 Å². The van der Waals surface area contributed by atoms with E-state index in [4.69, 9.17) is 9.90 Å². The number of carbonyl (C=O) groups is 4. The van der Waals surface area contributed by atoms with Crippen molar-refractivity contribution in [1.82, 2.24) is 5.01 Å². The highest BCUT2D eigenvalue weighted by Crippen LogP contribution is 2.22. The lowest BCUT2D eigenvalue weighted by Crippen LogP contribution is -2.25. The third-order valence-electron chi connectivity index (χ3n) is 2.82. The van der Waals surface area contributed by atoms with E-state index in [9.17, 15) is 14.4 Å². The van der Waals surface area contributed by atoms with E-state index in [0.717, 1.165) is 11.9 Å². The Hall–Kier alpha value is -3.35. The van der Waals surface area contributed by atoms with Gasteiger partial charge in [-0.25, -0.2) is 0 Å². The summed E-state index contributed by atoms with van der Waals surface area (Å²) in [4.78, 5) is 44.0. The van der Waals surface area contributed by atoms with Crippen molar-refractivity contribution in [3.05, 3.63) is 59.7 Å². The van der Waals surface area contributed by atoms with Crippen molar-refractivity contribution >= 4 is 29.3 Å². The molecule has 2 amide bonds. The number of fused-ring (bicyclic) bond motifs is 1. The lowest BCUT2D eigenvalue weighted by molar-refractivity contribution is -0.134. The van der Waals surface area contributed by atoms with Crippen LogP contribution in [-0.2, 0) is 9.59 Å².